The molecule has 2 amide bonds. The van der Waals surface area contributed by atoms with Crippen molar-refractivity contribution in [3.05, 3.63) is 46.7 Å². The number of unbranched alkanes of at least 4 members (excludes halogenated alkanes) is 1. The van der Waals surface area contributed by atoms with E-state index in [-0.39, 0.29) is 35.9 Å². The Kier molecular flexibility index (Phi) is 5.57. The lowest BCUT2D eigenvalue weighted by molar-refractivity contribution is -0.142. The lowest BCUT2D eigenvalue weighted by atomic mass is 9.71. The average Bonchev–Trinajstić information content (AvgIpc) is 3.48. The summed E-state index contributed by atoms with van der Waals surface area (Å²) >= 11 is 0. The van der Waals surface area contributed by atoms with E-state index in [1.54, 1.807) is 4.90 Å². The molecule has 180 valence electrons. The van der Waals surface area contributed by atoms with Crippen LogP contribution in [0.2, 0.25) is 0 Å². The number of fused-ring (bicyclic) bond motifs is 7. The normalized spacial score (nSPS) is 31.1. The fourth-order valence-electron chi connectivity index (χ4n) is 6.57. The van der Waals surface area contributed by atoms with Gasteiger partial charge >= 0.3 is 0 Å². The van der Waals surface area contributed by atoms with Crippen LogP contribution in [-0.4, -0.2) is 78.1 Å². The number of pyridine rings is 1. The number of nitrogens with zero attached hydrogens (tertiary/aromatic N) is 4. The van der Waals surface area contributed by atoms with Gasteiger partial charge in [0.15, 0.2) is 0 Å². The zero-order chi connectivity index (χ0) is 23.4. The smallest absolute Gasteiger partial charge is 0.236 e. The highest BCUT2D eigenvalue weighted by Crippen LogP contribution is 2.55. The van der Waals surface area contributed by atoms with Crippen molar-refractivity contribution in [1.29, 1.82) is 0 Å². The predicted octanol–water partition coefficient (Wildman–Crippen LogP) is 2.79. The second kappa shape index (κ2) is 8.61. The van der Waals surface area contributed by atoms with Gasteiger partial charge in [-0.3, -0.25) is 19.4 Å². The molecule has 0 radical (unpaired) electrons. The van der Waals surface area contributed by atoms with E-state index < -0.39 is 0 Å². The Bertz CT molecular complexity index is 1010. The summed E-state index contributed by atoms with van der Waals surface area (Å²) in [5, 5.41) is 0. The largest absolute Gasteiger partial charge is 0.365 e. The first kappa shape index (κ1) is 22.0. The van der Waals surface area contributed by atoms with Gasteiger partial charge in [-0.15, -0.1) is 0 Å². The number of hydrogen-bond donors (Lipinski definition) is 0. The summed E-state index contributed by atoms with van der Waals surface area (Å²) in [6, 6.07) is 6.05. The maximum absolute atomic E-state index is 13.2. The van der Waals surface area contributed by atoms with Crippen LogP contribution in [0.3, 0.4) is 0 Å². The Labute approximate surface area is 201 Å². The van der Waals surface area contributed by atoms with E-state index in [1.807, 2.05) is 18.3 Å². The van der Waals surface area contributed by atoms with Gasteiger partial charge in [0.2, 0.25) is 11.8 Å². The molecule has 1 aromatic heterocycles. The minimum absolute atomic E-state index is 0.00181. The zero-order valence-corrected chi connectivity index (χ0v) is 20.2. The van der Waals surface area contributed by atoms with Crippen molar-refractivity contribution < 1.29 is 14.3 Å². The van der Waals surface area contributed by atoms with Gasteiger partial charge in [-0.2, -0.15) is 0 Å². The molecule has 5 aliphatic rings. The molecular weight excluding hydrogens is 428 g/mol. The van der Waals surface area contributed by atoms with Crippen molar-refractivity contribution in [2.45, 2.75) is 51.7 Å². The Balaban J connectivity index is 0.994. The fourth-order valence-corrected chi connectivity index (χ4v) is 6.57. The number of ether oxygens (including phenoxy) is 1. The number of piperazine rings is 1. The summed E-state index contributed by atoms with van der Waals surface area (Å²) < 4.78 is 6.23. The highest BCUT2D eigenvalue weighted by molar-refractivity contribution is 6.07. The third kappa shape index (κ3) is 3.52. The van der Waals surface area contributed by atoms with Gasteiger partial charge < -0.3 is 9.64 Å². The van der Waals surface area contributed by atoms with Gasteiger partial charge in [0.25, 0.3) is 0 Å². The maximum Gasteiger partial charge on any atom is 0.236 e. The molecule has 1 aromatic rings. The number of likely N-dealkylation sites (tertiary alicyclic amines) is 1. The van der Waals surface area contributed by atoms with E-state index in [9.17, 15) is 9.59 Å². The summed E-state index contributed by atoms with van der Waals surface area (Å²) in [5.74, 6) is 0.474. The molecule has 3 fully saturated rings. The number of carbonyl (C=O) groups is 2. The van der Waals surface area contributed by atoms with Crippen LogP contribution < -0.4 is 4.90 Å². The zero-order valence-electron chi connectivity index (χ0n) is 20.2. The Morgan fingerprint density at radius 3 is 2.09 bits per heavy atom. The van der Waals surface area contributed by atoms with Crippen LogP contribution in [-0.2, 0) is 14.3 Å². The number of anilines is 1. The van der Waals surface area contributed by atoms with Crippen LogP contribution in [0.25, 0.3) is 0 Å². The second-order valence-electron chi connectivity index (χ2n) is 10.5. The van der Waals surface area contributed by atoms with Crippen LogP contribution in [0.4, 0.5) is 5.82 Å². The Morgan fingerprint density at radius 1 is 0.882 bits per heavy atom. The minimum atomic E-state index is -0.290. The van der Waals surface area contributed by atoms with E-state index in [0.717, 1.165) is 64.2 Å². The summed E-state index contributed by atoms with van der Waals surface area (Å²) in [7, 11) is 0. The average molecular weight is 463 g/mol. The van der Waals surface area contributed by atoms with Crippen LogP contribution in [0, 0.1) is 11.8 Å². The Morgan fingerprint density at radius 2 is 1.50 bits per heavy atom. The Hall–Kier alpha value is -2.51. The number of rotatable bonds is 6. The second-order valence-corrected chi connectivity index (χ2v) is 10.5. The molecule has 0 saturated carbocycles. The van der Waals surface area contributed by atoms with E-state index >= 15 is 0 Å². The summed E-state index contributed by atoms with van der Waals surface area (Å²) in [4.78, 5) is 37.3. The molecule has 3 saturated heterocycles. The number of hydrogen-bond acceptors (Lipinski definition) is 6. The molecule has 2 bridgehead atoms. The van der Waals surface area contributed by atoms with E-state index in [0.29, 0.717) is 6.54 Å². The topological polar surface area (TPSA) is 66.0 Å². The van der Waals surface area contributed by atoms with Gasteiger partial charge in [0.05, 0.1) is 24.0 Å². The SMILES string of the molecule is CC1=C(C)CC2=C(C1)C1OC2C2C(=O)N(CCCCN3CCN(c4ccccn4)CC3)C(=O)C12. The molecule has 4 atom stereocenters. The van der Waals surface area contributed by atoms with Crippen LogP contribution >= 0.6 is 0 Å². The number of amides is 2. The molecule has 7 nitrogen and oxygen atoms in total. The molecular formula is C27H34N4O3. The number of aromatic nitrogens is 1. The van der Waals surface area contributed by atoms with Gasteiger partial charge in [0.1, 0.15) is 5.82 Å². The molecule has 4 aliphatic heterocycles. The van der Waals surface area contributed by atoms with Gasteiger partial charge in [-0.05, 0) is 69.4 Å². The monoisotopic (exact) mass is 462 g/mol. The third-order valence-electron chi connectivity index (χ3n) is 8.63. The maximum atomic E-state index is 13.2. The molecule has 34 heavy (non-hydrogen) atoms. The highest BCUT2D eigenvalue weighted by atomic mass is 16.5. The van der Waals surface area contributed by atoms with Crippen molar-refractivity contribution in [3.8, 4) is 0 Å². The predicted molar refractivity (Wildman–Crippen MR) is 129 cm³/mol. The standard InChI is InChI=1S/C27H34N4O3/c1-17-15-19-20(16-18(17)2)25-23-22(24(19)34-25)26(32)31(27(23)33)10-6-5-9-29-11-13-30(14-12-29)21-7-3-4-8-28-21/h3-4,7-8,22-25H,5-6,9-16H2,1-2H3. The third-order valence-corrected chi connectivity index (χ3v) is 8.63. The summed E-state index contributed by atoms with van der Waals surface area (Å²) in [6.07, 6.45) is 5.16. The molecule has 6 rings (SSSR count). The molecule has 1 aliphatic carbocycles. The van der Waals surface area contributed by atoms with Crippen LogP contribution in [0.5, 0.6) is 0 Å². The summed E-state index contributed by atoms with van der Waals surface area (Å²) in [6.45, 7) is 9.91. The minimum Gasteiger partial charge on any atom is -0.365 e. The van der Waals surface area contributed by atoms with Gasteiger partial charge in [0, 0.05) is 38.9 Å². The van der Waals surface area contributed by atoms with E-state index in [2.05, 4.69) is 34.7 Å². The van der Waals surface area contributed by atoms with E-state index in [4.69, 9.17) is 4.74 Å². The van der Waals surface area contributed by atoms with Crippen LogP contribution in [0.1, 0.15) is 39.5 Å². The first-order valence-corrected chi connectivity index (χ1v) is 12.8. The molecule has 0 N–H and O–H groups in total. The highest BCUT2D eigenvalue weighted by Gasteiger charge is 2.64. The van der Waals surface area contributed by atoms with Crippen molar-refractivity contribution in [2.24, 2.45) is 11.8 Å². The summed E-state index contributed by atoms with van der Waals surface area (Å²) in [5.41, 5.74) is 5.37. The van der Waals surface area contributed by atoms with Crippen molar-refractivity contribution in [1.82, 2.24) is 14.8 Å². The number of carbonyl (C=O) groups excluding carboxylic acids is 2. The van der Waals surface area contributed by atoms with Crippen molar-refractivity contribution in [2.75, 3.05) is 44.2 Å². The lowest BCUT2D eigenvalue weighted by Crippen LogP contribution is -2.47. The molecule has 4 unspecified atom stereocenters. The fraction of sp³-hybridized carbons (Fsp3) is 0.593. The quantitative estimate of drug-likeness (QED) is 0.368. The molecule has 7 heteroatoms. The van der Waals surface area contributed by atoms with Gasteiger partial charge in [-0.1, -0.05) is 17.2 Å². The van der Waals surface area contributed by atoms with E-state index in [1.165, 1.54) is 22.3 Å². The molecule has 5 heterocycles. The number of allylic oxidation sites excluding steroid dienone is 2. The first-order chi connectivity index (χ1) is 16.5. The number of imide groups is 1. The van der Waals surface area contributed by atoms with Gasteiger partial charge in [-0.25, -0.2) is 4.98 Å². The molecule has 0 spiro atoms. The first-order valence-electron chi connectivity index (χ1n) is 12.8. The van der Waals surface area contributed by atoms with Crippen LogP contribution in [0.15, 0.2) is 46.7 Å². The van der Waals surface area contributed by atoms with Crippen molar-refractivity contribution >= 4 is 17.6 Å². The van der Waals surface area contributed by atoms with Crippen molar-refractivity contribution in [3.63, 3.8) is 0 Å². The lowest BCUT2D eigenvalue weighted by Gasteiger charge is -2.35. The molecule has 0 aromatic carbocycles.